The summed E-state index contributed by atoms with van der Waals surface area (Å²) in [6.07, 6.45) is 0. The van der Waals surface area contributed by atoms with E-state index in [0.717, 1.165) is 21.2 Å². The van der Waals surface area contributed by atoms with Crippen LogP contribution >= 0.6 is 23.4 Å². The van der Waals surface area contributed by atoms with E-state index in [2.05, 4.69) is 6.92 Å². The van der Waals surface area contributed by atoms with Gasteiger partial charge in [0, 0.05) is 9.92 Å². The standard InChI is InChI=1S/C9H11ClOS/c1-2-12-9-5-8(10)4-3-7(9)6-11/h3-5,11H,2,6H2,1H3. The fraction of sp³-hybridized carbons (Fsp3) is 0.333. The second-order valence-corrected chi connectivity index (χ2v) is 4.09. The van der Waals surface area contributed by atoms with Gasteiger partial charge in [-0.3, -0.25) is 0 Å². The van der Waals surface area contributed by atoms with Crippen molar-refractivity contribution < 1.29 is 5.11 Å². The van der Waals surface area contributed by atoms with Crippen LogP contribution in [0.4, 0.5) is 0 Å². The Morgan fingerprint density at radius 2 is 2.25 bits per heavy atom. The molecule has 1 rings (SSSR count). The van der Waals surface area contributed by atoms with Crippen LogP contribution in [-0.2, 0) is 6.61 Å². The van der Waals surface area contributed by atoms with Crippen LogP contribution in [0.25, 0.3) is 0 Å². The first-order valence-electron chi connectivity index (χ1n) is 3.80. The molecule has 0 amide bonds. The van der Waals surface area contributed by atoms with E-state index in [-0.39, 0.29) is 6.61 Å². The highest BCUT2D eigenvalue weighted by molar-refractivity contribution is 7.99. The zero-order valence-corrected chi connectivity index (χ0v) is 8.45. The lowest BCUT2D eigenvalue weighted by molar-refractivity contribution is 0.279. The number of hydrogen-bond donors (Lipinski definition) is 1. The summed E-state index contributed by atoms with van der Waals surface area (Å²) in [6, 6.07) is 5.55. The van der Waals surface area contributed by atoms with Crippen molar-refractivity contribution in [2.75, 3.05) is 5.75 Å². The summed E-state index contributed by atoms with van der Waals surface area (Å²) in [4.78, 5) is 1.08. The lowest BCUT2D eigenvalue weighted by Gasteiger charge is -2.05. The number of aliphatic hydroxyl groups is 1. The summed E-state index contributed by atoms with van der Waals surface area (Å²) in [5.41, 5.74) is 0.950. The molecule has 1 nitrogen and oxygen atoms in total. The Balaban J connectivity index is 2.95. The molecule has 0 fully saturated rings. The summed E-state index contributed by atoms with van der Waals surface area (Å²) in [6.45, 7) is 2.16. The molecule has 0 spiro atoms. The van der Waals surface area contributed by atoms with E-state index in [1.54, 1.807) is 17.8 Å². The molecule has 1 N–H and O–H groups in total. The van der Waals surface area contributed by atoms with E-state index >= 15 is 0 Å². The predicted octanol–water partition coefficient (Wildman–Crippen LogP) is 2.94. The topological polar surface area (TPSA) is 20.2 Å². The summed E-state index contributed by atoms with van der Waals surface area (Å²) in [7, 11) is 0. The monoisotopic (exact) mass is 202 g/mol. The molecule has 0 atom stereocenters. The first kappa shape index (κ1) is 9.90. The van der Waals surface area contributed by atoms with E-state index in [1.807, 2.05) is 12.1 Å². The minimum Gasteiger partial charge on any atom is -0.392 e. The Bertz CT molecular complexity index is 263. The number of aliphatic hydroxyl groups excluding tert-OH is 1. The van der Waals surface area contributed by atoms with Crippen LogP contribution in [0.1, 0.15) is 12.5 Å². The summed E-state index contributed by atoms with van der Waals surface area (Å²) >= 11 is 7.51. The molecule has 3 heteroatoms. The normalized spacial score (nSPS) is 10.2. The number of thioether (sulfide) groups is 1. The van der Waals surface area contributed by atoms with E-state index in [9.17, 15) is 0 Å². The van der Waals surface area contributed by atoms with Gasteiger partial charge in [-0.25, -0.2) is 0 Å². The van der Waals surface area contributed by atoms with Gasteiger partial charge in [0.1, 0.15) is 0 Å². The number of hydrogen-bond acceptors (Lipinski definition) is 2. The second kappa shape index (κ2) is 4.75. The molecular formula is C9H11ClOS. The zero-order chi connectivity index (χ0) is 8.97. The highest BCUT2D eigenvalue weighted by Crippen LogP contribution is 2.25. The minimum absolute atomic E-state index is 0.0828. The second-order valence-electron chi connectivity index (χ2n) is 2.34. The predicted molar refractivity (Wildman–Crippen MR) is 53.8 cm³/mol. The number of benzene rings is 1. The Morgan fingerprint density at radius 3 is 2.83 bits per heavy atom. The van der Waals surface area contributed by atoms with Gasteiger partial charge in [-0.1, -0.05) is 24.6 Å². The Hall–Kier alpha value is -0.180. The van der Waals surface area contributed by atoms with Crippen molar-refractivity contribution in [1.82, 2.24) is 0 Å². The highest BCUT2D eigenvalue weighted by atomic mass is 35.5. The molecule has 66 valence electrons. The third-order valence-electron chi connectivity index (χ3n) is 1.50. The van der Waals surface area contributed by atoms with E-state index in [0.29, 0.717) is 0 Å². The van der Waals surface area contributed by atoms with Crippen LogP contribution in [0, 0.1) is 0 Å². The van der Waals surface area contributed by atoms with Crippen molar-refractivity contribution in [2.45, 2.75) is 18.4 Å². The Morgan fingerprint density at radius 1 is 1.50 bits per heavy atom. The van der Waals surface area contributed by atoms with Gasteiger partial charge in [0.2, 0.25) is 0 Å². The van der Waals surface area contributed by atoms with Gasteiger partial charge < -0.3 is 5.11 Å². The fourth-order valence-corrected chi connectivity index (χ4v) is 2.02. The van der Waals surface area contributed by atoms with Crippen molar-refractivity contribution in [2.24, 2.45) is 0 Å². The average molecular weight is 203 g/mol. The summed E-state index contributed by atoms with van der Waals surface area (Å²) in [5, 5.41) is 9.70. The molecule has 0 saturated carbocycles. The molecular weight excluding hydrogens is 192 g/mol. The van der Waals surface area contributed by atoms with E-state index in [4.69, 9.17) is 16.7 Å². The third-order valence-corrected chi connectivity index (χ3v) is 2.71. The average Bonchev–Trinajstić information content (AvgIpc) is 2.05. The lowest BCUT2D eigenvalue weighted by atomic mass is 10.2. The molecule has 0 aliphatic carbocycles. The van der Waals surface area contributed by atoms with Gasteiger partial charge in [-0.05, 0) is 23.4 Å². The summed E-state index contributed by atoms with van der Waals surface area (Å²) in [5.74, 6) is 0.993. The maximum atomic E-state index is 8.98. The smallest absolute Gasteiger partial charge is 0.0692 e. The van der Waals surface area contributed by atoms with Crippen LogP contribution in [0.5, 0.6) is 0 Å². The number of rotatable bonds is 3. The molecule has 1 aromatic carbocycles. The molecule has 0 radical (unpaired) electrons. The summed E-state index contributed by atoms with van der Waals surface area (Å²) < 4.78 is 0. The van der Waals surface area contributed by atoms with Crippen LogP contribution < -0.4 is 0 Å². The number of halogens is 1. The van der Waals surface area contributed by atoms with Crippen molar-refractivity contribution in [3.63, 3.8) is 0 Å². The maximum absolute atomic E-state index is 8.98. The molecule has 0 heterocycles. The molecule has 12 heavy (non-hydrogen) atoms. The van der Waals surface area contributed by atoms with Gasteiger partial charge >= 0.3 is 0 Å². The van der Waals surface area contributed by atoms with Crippen LogP contribution in [0.3, 0.4) is 0 Å². The molecule has 0 aromatic heterocycles. The molecule has 0 saturated heterocycles. The SMILES string of the molecule is CCSc1cc(Cl)ccc1CO. The van der Waals surface area contributed by atoms with E-state index < -0.39 is 0 Å². The molecule has 0 bridgehead atoms. The Kier molecular flexibility index (Phi) is 3.92. The molecule has 0 unspecified atom stereocenters. The van der Waals surface area contributed by atoms with Crippen molar-refractivity contribution >= 4 is 23.4 Å². The van der Waals surface area contributed by atoms with Gasteiger partial charge in [0.15, 0.2) is 0 Å². The first-order chi connectivity index (χ1) is 5.77. The van der Waals surface area contributed by atoms with Crippen molar-refractivity contribution in [3.05, 3.63) is 28.8 Å². The zero-order valence-electron chi connectivity index (χ0n) is 6.88. The largest absolute Gasteiger partial charge is 0.392 e. The van der Waals surface area contributed by atoms with Gasteiger partial charge in [0.05, 0.1) is 6.61 Å². The lowest BCUT2D eigenvalue weighted by Crippen LogP contribution is -1.87. The first-order valence-corrected chi connectivity index (χ1v) is 5.16. The van der Waals surface area contributed by atoms with Crippen LogP contribution in [0.2, 0.25) is 5.02 Å². The molecule has 0 aliphatic rings. The van der Waals surface area contributed by atoms with Gasteiger partial charge in [-0.15, -0.1) is 11.8 Å². The van der Waals surface area contributed by atoms with Crippen LogP contribution in [0.15, 0.2) is 23.1 Å². The molecule has 1 aromatic rings. The maximum Gasteiger partial charge on any atom is 0.0692 e. The Labute approximate surface area is 81.7 Å². The van der Waals surface area contributed by atoms with Gasteiger partial charge in [-0.2, -0.15) is 0 Å². The fourth-order valence-electron chi connectivity index (χ4n) is 0.949. The highest BCUT2D eigenvalue weighted by Gasteiger charge is 2.01. The van der Waals surface area contributed by atoms with Crippen LogP contribution in [-0.4, -0.2) is 10.9 Å². The third kappa shape index (κ3) is 2.41. The van der Waals surface area contributed by atoms with Crippen molar-refractivity contribution in [3.8, 4) is 0 Å². The quantitative estimate of drug-likeness (QED) is 0.761. The van der Waals surface area contributed by atoms with Gasteiger partial charge in [0.25, 0.3) is 0 Å². The van der Waals surface area contributed by atoms with E-state index in [1.165, 1.54) is 0 Å². The molecule has 0 aliphatic heterocycles. The van der Waals surface area contributed by atoms with Crippen molar-refractivity contribution in [1.29, 1.82) is 0 Å². The minimum atomic E-state index is 0.0828.